The van der Waals surface area contributed by atoms with Crippen LogP contribution in [0.3, 0.4) is 0 Å². The van der Waals surface area contributed by atoms with Gasteiger partial charge in [0.25, 0.3) is 11.4 Å². The van der Waals surface area contributed by atoms with E-state index in [4.69, 9.17) is 0 Å². The quantitative estimate of drug-likeness (QED) is 0.0433. The van der Waals surface area contributed by atoms with Crippen LogP contribution >= 0.6 is 0 Å². The number of aryl methyl sites for hydroxylation is 2. The average molecular weight is 841 g/mol. The van der Waals surface area contributed by atoms with Crippen molar-refractivity contribution in [2.75, 3.05) is 0 Å². The number of rotatable bonds is 10. The van der Waals surface area contributed by atoms with Crippen molar-refractivity contribution in [1.82, 2.24) is 0 Å². The number of nitro benzene ring substituents is 2. The molecule has 0 atom stereocenters. The van der Waals surface area contributed by atoms with E-state index in [1.54, 1.807) is 38.1 Å². The molecule has 6 aromatic carbocycles. The van der Waals surface area contributed by atoms with Gasteiger partial charge in [-0.3, -0.25) is 20.2 Å². The molecule has 0 bridgehead atoms. The van der Waals surface area contributed by atoms with Gasteiger partial charge in [-0.25, -0.2) is 16.8 Å². The van der Waals surface area contributed by atoms with Gasteiger partial charge < -0.3 is 19.3 Å². The van der Waals surface area contributed by atoms with Crippen molar-refractivity contribution in [3.8, 4) is 11.5 Å². The molecule has 0 aliphatic heterocycles. The second kappa shape index (κ2) is 18.2. The number of aromatic hydroxyl groups is 2. The van der Waals surface area contributed by atoms with Crippen molar-refractivity contribution in [3.63, 3.8) is 0 Å². The van der Waals surface area contributed by atoms with E-state index in [1.165, 1.54) is 60.7 Å². The Labute approximate surface area is 354 Å². The number of hydrogen-bond acceptors (Lipinski definition) is 16. The summed E-state index contributed by atoms with van der Waals surface area (Å²) in [5, 5.41) is 59.4. The van der Waals surface area contributed by atoms with Gasteiger partial charge in [0.05, 0.1) is 19.6 Å². The van der Waals surface area contributed by atoms with Crippen LogP contribution in [0.2, 0.25) is 0 Å². The molecule has 0 aromatic heterocycles. The van der Waals surface area contributed by atoms with Gasteiger partial charge in [-0.15, -0.1) is 20.5 Å². The first-order valence-corrected chi connectivity index (χ1v) is 19.1. The molecule has 0 radical (unpaired) electrons. The van der Waals surface area contributed by atoms with Crippen LogP contribution in [0.4, 0.5) is 34.1 Å². The van der Waals surface area contributed by atoms with Gasteiger partial charge in [0.15, 0.2) is 11.4 Å². The largest absolute Gasteiger partial charge is 2.00 e. The fourth-order valence-electron chi connectivity index (χ4n) is 5.70. The standard InChI is InChI=1S/2C18H15N3O6S.Ca/c2*1-2-11-6-5-9-14(21(23)24)17(11)19-20-18-13-8-4-3-7-12(13)16(10-15(18)22)28(25,26)27;/h2*3-10,22H,2H2,1H3,(H,25,26,27);/q;;+2/p-2. The molecule has 18 nitrogen and oxygen atoms in total. The Morgan fingerprint density at radius 1 is 0.526 bits per heavy atom. The van der Waals surface area contributed by atoms with E-state index in [-0.39, 0.29) is 93.4 Å². The first kappa shape index (κ1) is 44.2. The number of nitro groups is 2. The number of azo groups is 2. The van der Waals surface area contributed by atoms with Crippen LogP contribution in [0, 0.1) is 20.2 Å². The molecular weight excluding hydrogens is 813 g/mol. The predicted octanol–water partition coefficient (Wildman–Crippen LogP) is 8.29. The number of nitrogens with zero attached hydrogens (tertiary/aromatic N) is 6. The molecule has 0 spiro atoms. The Morgan fingerprint density at radius 3 is 1.14 bits per heavy atom. The van der Waals surface area contributed by atoms with E-state index >= 15 is 0 Å². The minimum Gasteiger partial charge on any atom is -0.744 e. The maximum atomic E-state index is 11.5. The molecule has 57 heavy (non-hydrogen) atoms. The van der Waals surface area contributed by atoms with Gasteiger partial charge in [0.2, 0.25) is 0 Å². The third-order valence-corrected chi connectivity index (χ3v) is 10.1. The molecule has 0 saturated carbocycles. The summed E-state index contributed by atoms with van der Waals surface area (Å²) < 4.78 is 69.0. The van der Waals surface area contributed by atoms with Crippen LogP contribution in [0.15, 0.2) is 127 Å². The zero-order valence-corrected chi connectivity index (χ0v) is 33.7. The minimum atomic E-state index is -4.84. The molecule has 0 heterocycles. The maximum absolute atomic E-state index is 11.5. The Morgan fingerprint density at radius 2 is 0.842 bits per heavy atom. The minimum absolute atomic E-state index is 0. The van der Waals surface area contributed by atoms with E-state index in [1.807, 2.05) is 0 Å². The summed E-state index contributed by atoms with van der Waals surface area (Å²) >= 11 is 0. The van der Waals surface area contributed by atoms with Gasteiger partial charge in [0, 0.05) is 45.8 Å². The monoisotopic (exact) mass is 840 g/mol. The first-order valence-electron chi connectivity index (χ1n) is 16.2. The molecule has 0 aliphatic rings. The molecule has 0 amide bonds. The van der Waals surface area contributed by atoms with Crippen molar-refractivity contribution >= 4 is 114 Å². The number of phenols is 2. The molecule has 2 N–H and O–H groups in total. The molecule has 0 fully saturated rings. The second-order valence-electron chi connectivity index (χ2n) is 11.7. The van der Waals surface area contributed by atoms with E-state index in [0.717, 1.165) is 12.1 Å². The molecular formula is C36H28CaN6O12S2. The summed E-state index contributed by atoms with van der Waals surface area (Å²) in [6.45, 7) is 3.61. The SMILES string of the molecule is CCc1cccc([N+](=O)[O-])c1N=Nc1c(O)cc(S(=O)(=O)[O-])c2ccccc12.CCc1cccc([N+](=O)[O-])c1N=Nc1c(O)cc(S(=O)(=O)[O-])c2ccccc12.[Ca+2]. The summed E-state index contributed by atoms with van der Waals surface area (Å²) in [5.41, 5.74) is 0.571. The van der Waals surface area contributed by atoms with Crippen LogP contribution in [-0.4, -0.2) is 83.7 Å². The van der Waals surface area contributed by atoms with Crippen LogP contribution in [-0.2, 0) is 33.1 Å². The number of phenolic OH excluding ortho intramolecular Hbond substituents is 2. The van der Waals surface area contributed by atoms with E-state index in [2.05, 4.69) is 20.5 Å². The fraction of sp³-hybridized carbons (Fsp3) is 0.111. The Bertz CT molecular complexity index is 2640. The summed E-state index contributed by atoms with van der Waals surface area (Å²) in [7, 11) is -9.67. The average Bonchev–Trinajstić information content (AvgIpc) is 3.15. The normalized spacial score (nSPS) is 11.7. The summed E-state index contributed by atoms with van der Waals surface area (Å²) in [4.78, 5) is 20.2. The first-order chi connectivity index (χ1) is 26.5. The van der Waals surface area contributed by atoms with Gasteiger partial charge in [0.1, 0.15) is 43.1 Å². The zero-order chi connectivity index (χ0) is 40.9. The second-order valence-corrected chi connectivity index (χ2v) is 14.4. The number of fused-ring (bicyclic) bond motifs is 2. The van der Waals surface area contributed by atoms with Gasteiger partial charge >= 0.3 is 37.7 Å². The van der Waals surface area contributed by atoms with E-state index < -0.39 is 51.4 Å². The predicted molar refractivity (Wildman–Crippen MR) is 206 cm³/mol. The van der Waals surface area contributed by atoms with E-state index in [0.29, 0.717) is 24.0 Å². The fourth-order valence-corrected chi connectivity index (χ4v) is 7.11. The van der Waals surface area contributed by atoms with Crippen molar-refractivity contribution in [3.05, 3.63) is 128 Å². The molecule has 288 valence electrons. The van der Waals surface area contributed by atoms with Crippen LogP contribution < -0.4 is 0 Å². The molecule has 6 rings (SSSR count). The topological polar surface area (TPSA) is 291 Å². The summed E-state index contributed by atoms with van der Waals surface area (Å²) in [5.74, 6) is -1.15. The third kappa shape index (κ3) is 9.74. The Kier molecular flexibility index (Phi) is 14.1. The number of benzene rings is 6. The summed E-state index contributed by atoms with van der Waals surface area (Å²) in [6, 6.07) is 22.6. The molecule has 0 aliphatic carbocycles. The maximum Gasteiger partial charge on any atom is 2.00 e. The van der Waals surface area contributed by atoms with Crippen molar-refractivity contribution in [1.29, 1.82) is 0 Å². The smallest absolute Gasteiger partial charge is 0.744 e. The van der Waals surface area contributed by atoms with Gasteiger partial charge in [-0.05, 0) is 24.0 Å². The van der Waals surface area contributed by atoms with Crippen molar-refractivity contribution < 1.29 is 46.0 Å². The zero-order valence-electron chi connectivity index (χ0n) is 29.8. The summed E-state index contributed by atoms with van der Waals surface area (Å²) in [6.07, 6.45) is 0.937. The van der Waals surface area contributed by atoms with Crippen molar-refractivity contribution in [2.45, 2.75) is 36.5 Å². The van der Waals surface area contributed by atoms with Crippen LogP contribution in [0.5, 0.6) is 11.5 Å². The molecule has 0 saturated heterocycles. The van der Waals surface area contributed by atoms with Crippen LogP contribution in [0.25, 0.3) is 21.5 Å². The number of hydrogen-bond donors (Lipinski definition) is 2. The van der Waals surface area contributed by atoms with Gasteiger partial charge in [-0.2, -0.15) is 0 Å². The van der Waals surface area contributed by atoms with Crippen molar-refractivity contribution in [2.24, 2.45) is 20.5 Å². The Hall–Kier alpha value is -5.48. The molecule has 6 aromatic rings. The third-order valence-electron chi connectivity index (χ3n) is 8.31. The molecule has 21 heteroatoms. The van der Waals surface area contributed by atoms with Gasteiger partial charge in [-0.1, -0.05) is 86.6 Å². The molecule has 0 unspecified atom stereocenters. The Balaban J connectivity index is 0.000000248. The van der Waals surface area contributed by atoms with Crippen LogP contribution in [0.1, 0.15) is 25.0 Å². The van der Waals surface area contributed by atoms with E-state index in [9.17, 15) is 56.4 Å².